The van der Waals surface area contributed by atoms with Crippen molar-refractivity contribution in [2.75, 3.05) is 11.9 Å². The maximum atomic E-state index is 8.51. The molecular weight excluding hydrogens is 160 g/mol. The van der Waals surface area contributed by atoms with E-state index in [1.54, 1.807) is 19.2 Å². The Bertz CT molecular complexity index is 290. The number of hydrogen-bond donors (Lipinski definition) is 0. The first-order valence-electron chi connectivity index (χ1n) is 3.13. The summed E-state index contributed by atoms with van der Waals surface area (Å²) in [5.74, 6) is 0. The first kappa shape index (κ1) is 7.90. The van der Waals surface area contributed by atoms with Gasteiger partial charge in [0.15, 0.2) is 6.19 Å². The monoisotopic (exact) mass is 166 g/mol. The van der Waals surface area contributed by atoms with Crippen molar-refractivity contribution in [3.05, 3.63) is 29.3 Å². The Morgan fingerprint density at radius 3 is 2.82 bits per heavy atom. The highest BCUT2D eigenvalue weighted by atomic mass is 35.5. The molecule has 0 aliphatic rings. The summed E-state index contributed by atoms with van der Waals surface area (Å²) in [5, 5.41) is 9.16. The molecule has 0 atom stereocenters. The minimum atomic E-state index is 0.643. The molecule has 0 aliphatic heterocycles. The molecule has 0 aromatic heterocycles. The average molecular weight is 167 g/mol. The number of anilines is 1. The van der Waals surface area contributed by atoms with Crippen LogP contribution in [0.15, 0.2) is 24.3 Å². The fraction of sp³-hybridized carbons (Fsp3) is 0.125. The molecule has 1 aromatic rings. The standard InChI is InChI=1S/C8H7ClN2/c1-11(6-10)8-4-2-3-7(9)5-8/h2-5H,1H3. The van der Waals surface area contributed by atoms with E-state index in [9.17, 15) is 0 Å². The zero-order valence-corrected chi connectivity index (χ0v) is 6.84. The Kier molecular flexibility index (Phi) is 2.35. The summed E-state index contributed by atoms with van der Waals surface area (Å²) in [4.78, 5) is 1.45. The Labute approximate surface area is 70.6 Å². The van der Waals surface area contributed by atoms with E-state index < -0.39 is 0 Å². The van der Waals surface area contributed by atoms with E-state index in [0.717, 1.165) is 5.69 Å². The summed E-state index contributed by atoms with van der Waals surface area (Å²) in [6.45, 7) is 0. The third kappa shape index (κ3) is 1.86. The molecule has 0 spiro atoms. The maximum Gasteiger partial charge on any atom is 0.183 e. The van der Waals surface area contributed by atoms with Gasteiger partial charge in [-0.25, -0.2) is 0 Å². The van der Waals surface area contributed by atoms with Crippen LogP contribution in [0.4, 0.5) is 5.69 Å². The molecule has 0 N–H and O–H groups in total. The van der Waals surface area contributed by atoms with Gasteiger partial charge in [-0.15, -0.1) is 0 Å². The van der Waals surface area contributed by atoms with Gasteiger partial charge in [-0.3, -0.25) is 4.90 Å². The van der Waals surface area contributed by atoms with Crippen LogP contribution in [0.5, 0.6) is 0 Å². The Balaban J connectivity index is 2.98. The van der Waals surface area contributed by atoms with Crippen LogP contribution >= 0.6 is 11.6 Å². The highest BCUT2D eigenvalue weighted by molar-refractivity contribution is 6.30. The van der Waals surface area contributed by atoms with Gasteiger partial charge in [-0.05, 0) is 18.2 Å². The largest absolute Gasteiger partial charge is 0.283 e. The molecule has 0 aliphatic carbocycles. The molecule has 0 fully saturated rings. The Morgan fingerprint density at radius 2 is 2.27 bits per heavy atom. The molecule has 2 nitrogen and oxygen atoms in total. The van der Waals surface area contributed by atoms with E-state index in [1.165, 1.54) is 4.90 Å². The Morgan fingerprint density at radius 1 is 1.55 bits per heavy atom. The maximum absolute atomic E-state index is 8.51. The fourth-order valence-corrected chi connectivity index (χ4v) is 0.927. The molecule has 0 heterocycles. The lowest BCUT2D eigenvalue weighted by Crippen LogP contribution is -2.07. The molecule has 0 radical (unpaired) electrons. The van der Waals surface area contributed by atoms with Gasteiger partial charge in [-0.1, -0.05) is 17.7 Å². The molecule has 11 heavy (non-hydrogen) atoms. The van der Waals surface area contributed by atoms with Crippen molar-refractivity contribution in [3.63, 3.8) is 0 Å². The predicted molar refractivity (Wildman–Crippen MR) is 45.5 cm³/mol. The highest BCUT2D eigenvalue weighted by Gasteiger charge is 1.97. The summed E-state index contributed by atoms with van der Waals surface area (Å²) in [6, 6.07) is 7.15. The number of nitrogens with zero attached hydrogens (tertiary/aromatic N) is 2. The zero-order valence-electron chi connectivity index (χ0n) is 6.08. The van der Waals surface area contributed by atoms with Crippen LogP contribution in [-0.2, 0) is 0 Å². The van der Waals surface area contributed by atoms with Crippen molar-refractivity contribution >= 4 is 17.3 Å². The lowest BCUT2D eigenvalue weighted by atomic mass is 10.3. The molecular formula is C8H7ClN2. The van der Waals surface area contributed by atoms with Crippen LogP contribution in [0.25, 0.3) is 0 Å². The van der Waals surface area contributed by atoms with Crippen molar-refractivity contribution in [3.8, 4) is 6.19 Å². The lowest BCUT2D eigenvalue weighted by molar-refractivity contribution is 1.20. The number of benzene rings is 1. The van der Waals surface area contributed by atoms with Gasteiger partial charge in [-0.2, -0.15) is 5.26 Å². The van der Waals surface area contributed by atoms with E-state index in [2.05, 4.69) is 0 Å². The second-order valence-electron chi connectivity index (χ2n) is 2.14. The van der Waals surface area contributed by atoms with Crippen molar-refractivity contribution in [2.45, 2.75) is 0 Å². The van der Waals surface area contributed by atoms with E-state index in [0.29, 0.717) is 5.02 Å². The topological polar surface area (TPSA) is 27.0 Å². The van der Waals surface area contributed by atoms with E-state index in [-0.39, 0.29) is 0 Å². The van der Waals surface area contributed by atoms with Gasteiger partial charge in [0.25, 0.3) is 0 Å². The highest BCUT2D eigenvalue weighted by Crippen LogP contribution is 2.17. The van der Waals surface area contributed by atoms with E-state index >= 15 is 0 Å². The molecule has 0 amide bonds. The minimum absolute atomic E-state index is 0.643. The summed E-state index contributed by atoms with van der Waals surface area (Å²) >= 11 is 5.71. The van der Waals surface area contributed by atoms with Crippen LogP contribution in [0.1, 0.15) is 0 Å². The molecule has 3 heteroatoms. The van der Waals surface area contributed by atoms with Crippen molar-refractivity contribution in [1.29, 1.82) is 5.26 Å². The van der Waals surface area contributed by atoms with Gasteiger partial charge in [0, 0.05) is 12.1 Å². The quantitative estimate of drug-likeness (QED) is 0.473. The molecule has 0 unspecified atom stereocenters. The predicted octanol–water partition coefficient (Wildman–Crippen LogP) is 2.26. The second-order valence-corrected chi connectivity index (χ2v) is 2.58. The lowest BCUT2D eigenvalue weighted by Gasteiger charge is -2.07. The number of nitriles is 1. The molecule has 56 valence electrons. The van der Waals surface area contributed by atoms with Gasteiger partial charge in [0.2, 0.25) is 0 Å². The molecule has 0 saturated heterocycles. The van der Waals surface area contributed by atoms with Gasteiger partial charge < -0.3 is 0 Å². The normalized spacial score (nSPS) is 8.82. The summed E-state index contributed by atoms with van der Waals surface area (Å²) < 4.78 is 0. The molecule has 1 rings (SSSR count). The van der Waals surface area contributed by atoms with Crippen LogP contribution in [0, 0.1) is 11.5 Å². The number of rotatable bonds is 1. The van der Waals surface area contributed by atoms with Crippen LogP contribution in [0.3, 0.4) is 0 Å². The molecule has 0 saturated carbocycles. The molecule has 1 aromatic carbocycles. The fourth-order valence-electron chi connectivity index (χ4n) is 0.742. The second kappa shape index (κ2) is 3.27. The zero-order chi connectivity index (χ0) is 8.27. The van der Waals surface area contributed by atoms with Crippen LogP contribution < -0.4 is 4.90 Å². The van der Waals surface area contributed by atoms with E-state index in [1.807, 2.05) is 18.3 Å². The number of halogens is 1. The smallest absolute Gasteiger partial charge is 0.183 e. The van der Waals surface area contributed by atoms with Gasteiger partial charge in [0.1, 0.15) is 0 Å². The Hall–Kier alpha value is -1.20. The summed E-state index contributed by atoms with van der Waals surface area (Å²) in [6.07, 6.45) is 1.98. The van der Waals surface area contributed by atoms with Crippen LogP contribution in [-0.4, -0.2) is 7.05 Å². The van der Waals surface area contributed by atoms with Crippen molar-refractivity contribution in [2.24, 2.45) is 0 Å². The average Bonchev–Trinajstić information content (AvgIpc) is 2.03. The first-order chi connectivity index (χ1) is 5.24. The third-order valence-corrected chi connectivity index (χ3v) is 1.58. The first-order valence-corrected chi connectivity index (χ1v) is 3.51. The van der Waals surface area contributed by atoms with Gasteiger partial charge in [0.05, 0.1) is 5.69 Å². The van der Waals surface area contributed by atoms with Gasteiger partial charge >= 0.3 is 0 Å². The summed E-state index contributed by atoms with van der Waals surface area (Å²) in [7, 11) is 1.69. The third-order valence-electron chi connectivity index (χ3n) is 1.35. The van der Waals surface area contributed by atoms with Crippen LogP contribution in [0.2, 0.25) is 5.02 Å². The molecule has 0 bridgehead atoms. The van der Waals surface area contributed by atoms with E-state index in [4.69, 9.17) is 16.9 Å². The SMILES string of the molecule is CN(C#N)c1cccc(Cl)c1. The number of hydrogen-bond acceptors (Lipinski definition) is 2. The van der Waals surface area contributed by atoms with Crippen molar-refractivity contribution in [1.82, 2.24) is 0 Å². The summed E-state index contributed by atoms with van der Waals surface area (Å²) in [5.41, 5.74) is 0.806. The minimum Gasteiger partial charge on any atom is -0.283 e. The van der Waals surface area contributed by atoms with Crippen molar-refractivity contribution < 1.29 is 0 Å².